The maximum Gasteiger partial charge on any atom is 0.407 e. The van der Waals surface area contributed by atoms with Gasteiger partial charge < -0.3 is 15.0 Å². The fourth-order valence-corrected chi connectivity index (χ4v) is 3.75. The van der Waals surface area contributed by atoms with Crippen LogP contribution in [0.5, 0.6) is 0 Å². The molecule has 0 fully saturated rings. The second kappa shape index (κ2) is 10.9. The van der Waals surface area contributed by atoms with Crippen LogP contribution in [0, 0.1) is 0 Å². The number of fused-ring (bicyclic) bond motifs is 1. The van der Waals surface area contributed by atoms with E-state index in [1.165, 1.54) is 9.47 Å². The van der Waals surface area contributed by atoms with Gasteiger partial charge in [-0.1, -0.05) is 25.8 Å². The average Bonchev–Trinajstić information content (AvgIpc) is 3.17. The molecule has 3 heterocycles. The highest BCUT2D eigenvalue weighted by atomic mass is 35.5. The first-order valence-corrected chi connectivity index (χ1v) is 11.1. The maximum absolute atomic E-state index is 13.0. The molecule has 2 N–H and O–H groups in total. The van der Waals surface area contributed by atoms with Crippen LogP contribution in [0.4, 0.5) is 4.79 Å². The fraction of sp³-hybridized carbons (Fsp3) is 0.476. The molecule has 0 saturated heterocycles. The Labute approximate surface area is 189 Å². The fourth-order valence-electron chi connectivity index (χ4n) is 3.58. The van der Waals surface area contributed by atoms with Gasteiger partial charge in [0.15, 0.2) is 11.2 Å². The van der Waals surface area contributed by atoms with Crippen molar-refractivity contribution in [3.8, 4) is 0 Å². The van der Waals surface area contributed by atoms with Crippen LogP contribution in [0.15, 0.2) is 34.0 Å². The molecular weight excluding hydrogens is 436 g/mol. The number of hydrogen-bond donors (Lipinski definition) is 2. The highest BCUT2D eigenvalue weighted by Gasteiger charge is 2.18. The molecule has 0 aliphatic carbocycles. The van der Waals surface area contributed by atoms with Crippen LogP contribution in [0.2, 0.25) is 5.28 Å². The van der Waals surface area contributed by atoms with Crippen LogP contribution < -0.4 is 11.2 Å². The van der Waals surface area contributed by atoms with Crippen LogP contribution in [-0.4, -0.2) is 53.3 Å². The molecule has 32 heavy (non-hydrogen) atoms. The second-order valence-corrected chi connectivity index (χ2v) is 7.88. The molecule has 10 nitrogen and oxygen atoms in total. The van der Waals surface area contributed by atoms with E-state index in [0.717, 1.165) is 29.5 Å². The van der Waals surface area contributed by atoms with Crippen LogP contribution in [-0.2, 0) is 19.5 Å². The summed E-state index contributed by atoms with van der Waals surface area (Å²) in [5.41, 5.74) is 0.256. The van der Waals surface area contributed by atoms with E-state index in [1.54, 1.807) is 12.3 Å². The van der Waals surface area contributed by atoms with Crippen LogP contribution in [0.1, 0.15) is 38.3 Å². The lowest BCUT2D eigenvalue weighted by atomic mass is 10.2. The number of amides is 1. The van der Waals surface area contributed by atoms with Gasteiger partial charge in [-0.05, 0) is 36.6 Å². The van der Waals surface area contributed by atoms with Gasteiger partial charge in [-0.15, -0.1) is 0 Å². The first kappa shape index (κ1) is 23.5. The van der Waals surface area contributed by atoms with E-state index in [2.05, 4.69) is 21.9 Å². The molecule has 0 unspecified atom stereocenters. The topological polar surface area (TPSA) is 126 Å². The van der Waals surface area contributed by atoms with Crippen LogP contribution >= 0.6 is 11.6 Å². The van der Waals surface area contributed by atoms with Crippen molar-refractivity contribution in [3.05, 3.63) is 56.2 Å². The van der Waals surface area contributed by atoms with Crippen molar-refractivity contribution >= 4 is 28.9 Å². The molecule has 0 aromatic carbocycles. The third kappa shape index (κ3) is 5.56. The van der Waals surface area contributed by atoms with Gasteiger partial charge in [-0.3, -0.25) is 18.9 Å². The quantitative estimate of drug-likeness (QED) is 0.333. The molecule has 0 aliphatic heterocycles. The minimum Gasteiger partial charge on any atom is -0.465 e. The SMILES string of the molecule is CCCCCn1c(=O)n(CCCN(CCc2ccccn2)C(=O)O)c(=O)c2[nH]c(Cl)nc21. The summed E-state index contributed by atoms with van der Waals surface area (Å²) in [6.07, 6.45) is 4.10. The average molecular weight is 463 g/mol. The Balaban J connectivity index is 1.75. The van der Waals surface area contributed by atoms with E-state index >= 15 is 0 Å². The van der Waals surface area contributed by atoms with Crippen LogP contribution in [0.3, 0.4) is 0 Å². The Kier molecular flexibility index (Phi) is 8.04. The van der Waals surface area contributed by atoms with Crippen molar-refractivity contribution in [2.45, 2.75) is 52.1 Å². The summed E-state index contributed by atoms with van der Waals surface area (Å²) in [7, 11) is 0. The van der Waals surface area contributed by atoms with E-state index in [9.17, 15) is 19.5 Å². The standard InChI is InChI=1S/C21H27ClN6O4/c1-2-3-6-12-27-17-16(24-19(22)25-17)18(29)28(20(27)30)13-7-11-26(21(31)32)14-9-15-8-4-5-10-23-15/h4-5,8,10H,2-3,6-7,9,11-14H2,1H3,(H,24,25)(H,31,32). The van der Waals surface area contributed by atoms with Gasteiger partial charge in [0, 0.05) is 44.5 Å². The molecule has 0 aliphatic rings. The first-order valence-electron chi connectivity index (χ1n) is 10.7. The summed E-state index contributed by atoms with van der Waals surface area (Å²) in [6, 6.07) is 5.49. The van der Waals surface area contributed by atoms with Gasteiger partial charge in [0.25, 0.3) is 5.56 Å². The van der Waals surface area contributed by atoms with Gasteiger partial charge in [0.05, 0.1) is 0 Å². The zero-order valence-electron chi connectivity index (χ0n) is 18.0. The Morgan fingerprint density at radius 2 is 1.94 bits per heavy atom. The van der Waals surface area contributed by atoms with E-state index in [0.29, 0.717) is 19.4 Å². The largest absolute Gasteiger partial charge is 0.465 e. The molecule has 0 atom stereocenters. The Hall–Kier alpha value is -3.14. The molecular formula is C21H27ClN6O4. The molecule has 0 radical (unpaired) electrons. The lowest BCUT2D eigenvalue weighted by molar-refractivity contribution is 0.144. The van der Waals surface area contributed by atoms with Crippen molar-refractivity contribution in [1.82, 2.24) is 29.0 Å². The molecule has 3 rings (SSSR count). The van der Waals surface area contributed by atoms with Crippen molar-refractivity contribution < 1.29 is 9.90 Å². The zero-order chi connectivity index (χ0) is 23.1. The number of pyridine rings is 1. The molecule has 0 saturated carbocycles. The van der Waals surface area contributed by atoms with Gasteiger partial charge in [0.1, 0.15) is 0 Å². The highest BCUT2D eigenvalue weighted by molar-refractivity contribution is 6.28. The number of H-pyrrole nitrogens is 1. The number of aryl methyl sites for hydroxylation is 1. The van der Waals surface area contributed by atoms with Gasteiger partial charge in [0.2, 0.25) is 5.28 Å². The summed E-state index contributed by atoms with van der Waals surface area (Å²) in [4.78, 5) is 49.8. The number of imidazole rings is 1. The lowest BCUT2D eigenvalue weighted by Gasteiger charge is -2.19. The third-order valence-corrected chi connectivity index (χ3v) is 5.44. The smallest absolute Gasteiger partial charge is 0.407 e. The van der Waals surface area contributed by atoms with Gasteiger partial charge >= 0.3 is 11.8 Å². The predicted molar refractivity (Wildman–Crippen MR) is 121 cm³/mol. The number of rotatable bonds is 11. The van der Waals surface area contributed by atoms with Crippen LogP contribution in [0.25, 0.3) is 11.2 Å². The van der Waals surface area contributed by atoms with E-state index in [4.69, 9.17) is 11.6 Å². The van der Waals surface area contributed by atoms with Crippen molar-refractivity contribution in [1.29, 1.82) is 0 Å². The predicted octanol–water partition coefficient (Wildman–Crippen LogP) is 2.74. The Morgan fingerprint density at radius 3 is 2.62 bits per heavy atom. The molecule has 172 valence electrons. The number of nitrogens with one attached hydrogen (secondary N) is 1. The minimum atomic E-state index is -1.05. The summed E-state index contributed by atoms with van der Waals surface area (Å²) in [5.74, 6) is 0. The first-order chi connectivity index (χ1) is 15.4. The number of halogens is 1. The highest BCUT2D eigenvalue weighted by Crippen LogP contribution is 2.11. The number of unbranched alkanes of at least 4 members (excludes halogenated alkanes) is 2. The monoisotopic (exact) mass is 462 g/mol. The Bertz CT molecular complexity index is 1170. The van der Waals surface area contributed by atoms with Crippen molar-refractivity contribution in [2.75, 3.05) is 13.1 Å². The summed E-state index contributed by atoms with van der Waals surface area (Å²) in [5, 5.41) is 9.56. The summed E-state index contributed by atoms with van der Waals surface area (Å²) < 4.78 is 2.59. The molecule has 0 spiro atoms. The van der Waals surface area contributed by atoms with E-state index < -0.39 is 17.3 Å². The Morgan fingerprint density at radius 1 is 1.16 bits per heavy atom. The number of hydrogen-bond acceptors (Lipinski definition) is 5. The number of aromatic amines is 1. The van der Waals surface area contributed by atoms with Gasteiger partial charge in [-0.2, -0.15) is 4.98 Å². The minimum absolute atomic E-state index is 0.0464. The zero-order valence-corrected chi connectivity index (χ0v) is 18.7. The number of aromatic nitrogens is 5. The number of carbonyl (C=O) groups is 1. The lowest BCUT2D eigenvalue weighted by Crippen LogP contribution is -2.41. The van der Waals surface area contributed by atoms with Gasteiger partial charge in [-0.25, -0.2) is 9.59 Å². The van der Waals surface area contributed by atoms with Crippen molar-refractivity contribution in [2.24, 2.45) is 0 Å². The molecule has 0 bridgehead atoms. The second-order valence-electron chi connectivity index (χ2n) is 7.52. The van der Waals surface area contributed by atoms with E-state index in [-0.39, 0.29) is 36.1 Å². The normalized spacial score (nSPS) is 11.2. The molecule has 3 aromatic heterocycles. The summed E-state index contributed by atoms with van der Waals surface area (Å²) in [6.45, 7) is 3.04. The number of nitrogens with zero attached hydrogens (tertiary/aromatic N) is 5. The molecule has 11 heteroatoms. The molecule has 3 aromatic rings. The van der Waals surface area contributed by atoms with E-state index in [1.807, 2.05) is 12.1 Å². The van der Waals surface area contributed by atoms with Crippen molar-refractivity contribution in [3.63, 3.8) is 0 Å². The molecule has 1 amide bonds. The number of carboxylic acid groups (broad SMARTS) is 1. The third-order valence-electron chi connectivity index (χ3n) is 5.26. The summed E-state index contributed by atoms with van der Waals surface area (Å²) >= 11 is 5.95. The maximum atomic E-state index is 13.0.